The lowest BCUT2D eigenvalue weighted by Crippen LogP contribution is -2.45. The third kappa shape index (κ3) is 5.52. The Balaban J connectivity index is 1.34. The molecule has 1 aliphatic heterocycles. The average Bonchev–Trinajstić information content (AvgIpc) is 3.34. The molecule has 0 spiro atoms. The number of benzene rings is 3. The fourth-order valence-electron chi connectivity index (χ4n) is 4.43. The Morgan fingerprint density at radius 2 is 1.64 bits per heavy atom. The van der Waals surface area contributed by atoms with Gasteiger partial charge in [-0.1, -0.05) is 62.4 Å². The van der Waals surface area contributed by atoms with Crippen molar-refractivity contribution in [1.29, 1.82) is 0 Å². The minimum Gasteiger partial charge on any atom is -0.486 e. The van der Waals surface area contributed by atoms with Crippen LogP contribution in [0, 0.1) is 5.92 Å². The van der Waals surface area contributed by atoms with Crippen molar-refractivity contribution in [3.05, 3.63) is 78.4 Å². The van der Waals surface area contributed by atoms with Crippen LogP contribution in [-0.2, 0) is 19.6 Å². The van der Waals surface area contributed by atoms with E-state index in [2.05, 4.69) is 9.71 Å². The van der Waals surface area contributed by atoms with Crippen molar-refractivity contribution in [3.8, 4) is 22.8 Å². The highest BCUT2D eigenvalue weighted by Gasteiger charge is 2.31. The van der Waals surface area contributed by atoms with Gasteiger partial charge in [0.25, 0.3) is 0 Å². The van der Waals surface area contributed by atoms with Crippen molar-refractivity contribution in [2.24, 2.45) is 5.92 Å². The Morgan fingerprint density at radius 3 is 2.38 bits per heavy atom. The number of para-hydroxylation sites is 1. The van der Waals surface area contributed by atoms with Crippen LogP contribution < -0.4 is 14.2 Å². The second-order valence-electron chi connectivity index (χ2n) is 9.47. The van der Waals surface area contributed by atoms with Gasteiger partial charge in [0.05, 0.1) is 16.2 Å². The summed E-state index contributed by atoms with van der Waals surface area (Å²) in [7, 11) is -4.11. The Hall–Kier alpha value is -4.15. The third-order valence-corrected chi connectivity index (χ3v) is 7.86. The van der Waals surface area contributed by atoms with Gasteiger partial charge in [-0.2, -0.15) is 4.72 Å². The molecule has 1 unspecified atom stereocenters. The number of nitrogens with one attached hydrogen (secondary N) is 2. The van der Waals surface area contributed by atoms with Gasteiger partial charge in [-0.3, -0.25) is 9.59 Å². The van der Waals surface area contributed by atoms with Gasteiger partial charge in [0.1, 0.15) is 19.3 Å². The van der Waals surface area contributed by atoms with Crippen molar-refractivity contribution in [2.75, 3.05) is 19.8 Å². The first-order valence-electron chi connectivity index (χ1n) is 12.5. The van der Waals surface area contributed by atoms with Gasteiger partial charge >= 0.3 is 5.97 Å². The SMILES string of the molecule is CC(C)C(NS(=O)(=O)c1ccc2c(c1)OCCO2)C(=O)OCC(=O)c1c(-c2ccccc2)[nH]c2ccccc12. The van der Waals surface area contributed by atoms with E-state index in [1.165, 1.54) is 18.2 Å². The van der Waals surface area contributed by atoms with Crippen molar-refractivity contribution in [1.82, 2.24) is 9.71 Å². The van der Waals surface area contributed by atoms with Crippen molar-refractivity contribution in [2.45, 2.75) is 24.8 Å². The highest BCUT2D eigenvalue weighted by atomic mass is 32.2. The zero-order valence-electron chi connectivity index (χ0n) is 21.5. The van der Waals surface area contributed by atoms with E-state index in [-0.39, 0.29) is 4.90 Å². The number of hydrogen-bond acceptors (Lipinski definition) is 7. The molecule has 1 atom stereocenters. The van der Waals surface area contributed by atoms with E-state index < -0.39 is 40.3 Å². The maximum atomic E-state index is 13.4. The Bertz CT molecular complexity index is 1630. The molecule has 0 saturated heterocycles. The van der Waals surface area contributed by atoms with Gasteiger partial charge in [0.15, 0.2) is 18.1 Å². The van der Waals surface area contributed by atoms with E-state index >= 15 is 0 Å². The number of carbonyl (C=O) groups is 2. The van der Waals surface area contributed by atoms with Gasteiger partial charge < -0.3 is 19.2 Å². The van der Waals surface area contributed by atoms with Crippen LogP contribution in [0.4, 0.5) is 0 Å². The number of Topliss-reactive ketones (excluding diaryl/α,β-unsaturated/α-hetero) is 1. The maximum absolute atomic E-state index is 13.4. The second kappa shape index (κ2) is 10.9. The van der Waals surface area contributed by atoms with E-state index in [9.17, 15) is 18.0 Å². The molecule has 2 N–H and O–H groups in total. The first-order valence-corrected chi connectivity index (χ1v) is 14.0. The number of fused-ring (bicyclic) bond motifs is 2. The van der Waals surface area contributed by atoms with Crippen LogP contribution in [0.15, 0.2) is 77.7 Å². The van der Waals surface area contributed by atoms with E-state index in [4.69, 9.17) is 14.2 Å². The molecule has 1 aliphatic rings. The fraction of sp³-hybridized carbons (Fsp3) is 0.241. The van der Waals surface area contributed by atoms with Gasteiger partial charge in [-0.05, 0) is 29.7 Å². The summed E-state index contributed by atoms with van der Waals surface area (Å²) in [6.07, 6.45) is 0. The summed E-state index contributed by atoms with van der Waals surface area (Å²) in [5.74, 6) is -0.943. The lowest BCUT2D eigenvalue weighted by molar-refractivity contribution is -0.145. The molecule has 1 aromatic heterocycles. The molecular weight excluding hydrogens is 520 g/mol. The number of aromatic amines is 1. The lowest BCUT2D eigenvalue weighted by atomic mass is 10.0. The number of aromatic nitrogens is 1. The highest BCUT2D eigenvalue weighted by molar-refractivity contribution is 7.89. The van der Waals surface area contributed by atoms with Crippen LogP contribution in [0.5, 0.6) is 11.5 Å². The highest BCUT2D eigenvalue weighted by Crippen LogP contribution is 2.33. The number of sulfonamides is 1. The maximum Gasteiger partial charge on any atom is 0.324 e. The van der Waals surface area contributed by atoms with Crippen LogP contribution in [0.25, 0.3) is 22.2 Å². The number of H-pyrrole nitrogens is 1. The Labute approximate surface area is 226 Å². The summed E-state index contributed by atoms with van der Waals surface area (Å²) in [5.41, 5.74) is 2.62. The normalized spacial score (nSPS) is 13.8. The molecule has 0 amide bonds. The molecule has 3 aromatic carbocycles. The fourth-order valence-corrected chi connectivity index (χ4v) is 5.78. The Kier molecular flexibility index (Phi) is 7.40. The molecule has 5 rings (SSSR count). The van der Waals surface area contributed by atoms with Crippen molar-refractivity contribution >= 4 is 32.7 Å². The number of rotatable bonds is 9. The molecule has 2 heterocycles. The molecule has 0 fully saturated rings. The molecule has 0 bridgehead atoms. The van der Waals surface area contributed by atoms with Crippen LogP contribution >= 0.6 is 0 Å². The van der Waals surface area contributed by atoms with Crippen LogP contribution in [-0.4, -0.2) is 51.0 Å². The summed E-state index contributed by atoms with van der Waals surface area (Å²) in [6, 6.07) is 19.8. The third-order valence-electron chi connectivity index (χ3n) is 6.42. The first-order chi connectivity index (χ1) is 18.7. The second-order valence-corrected chi connectivity index (χ2v) is 11.2. The molecule has 0 aliphatic carbocycles. The molecule has 39 heavy (non-hydrogen) atoms. The summed E-state index contributed by atoms with van der Waals surface area (Å²) in [5, 5.41) is 0.706. The summed E-state index contributed by atoms with van der Waals surface area (Å²) in [6.45, 7) is 3.51. The minimum absolute atomic E-state index is 0.0763. The topological polar surface area (TPSA) is 124 Å². The van der Waals surface area contributed by atoms with Crippen molar-refractivity contribution < 1.29 is 32.2 Å². The monoisotopic (exact) mass is 548 g/mol. The molecular formula is C29H28N2O7S. The summed E-state index contributed by atoms with van der Waals surface area (Å²) in [4.78, 5) is 29.7. The number of ether oxygens (including phenoxy) is 3. The van der Waals surface area contributed by atoms with Gasteiger partial charge in [-0.15, -0.1) is 0 Å². The molecule has 4 aromatic rings. The lowest BCUT2D eigenvalue weighted by Gasteiger charge is -2.22. The van der Waals surface area contributed by atoms with E-state index in [0.29, 0.717) is 41.4 Å². The molecule has 10 heteroatoms. The average molecular weight is 549 g/mol. The quantitative estimate of drug-likeness (QED) is 0.236. The Morgan fingerprint density at radius 1 is 0.949 bits per heavy atom. The summed E-state index contributed by atoms with van der Waals surface area (Å²) < 4.78 is 45.0. The van der Waals surface area contributed by atoms with Crippen LogP contribution in [0.1, 0.15) is 24.2 Å². The number of esters is 1. The van der Waals surface area contributed by atoms with Crippen molar-refractivity contribution in [3.63, 3.8) is 0 Å². The van der Waals surface area contributed by atoms with E-state index in [1.807, 2.05) is 54.6 Å². The smallest absolute Gasteiger partial charge is 0.324 e. The van der Waals surface area contributed by atoms with E-state index in [1.54, 1.807) is 13.8 Å². The predicted molar refractivity (Wildman–Crippen MR) is 145 cm³/mol. The van der Waals surface area contributed by atoms with Crippen LogP contribution in [0.3, 0.4) is 0 Å². The number of carbonyl (C=O) groups excluding carboxylic acids is 2. The van der Waals surface area contributed by atoms with Gasteiger partial charge in [-0.25, -0.2) is 8.42 Å². The first kappa shape index (κ1) is 26.5. The standard InChI is InChI=1S/C29H28N2O7S/c1-18(2)27(31-39(34,35)20-12-13-24-25(16-20)37-15-14-36-24)29(33)38-17-23(32)26-21-10-6-7-11-22(21)30-28(26)19-8-4-3-5-9-19/h3-13,16,18,27,30-31H,14-15,17H2,1-2H3. The molecule has 9 nitrogen and oxygen atoms in total. The zero-order valence-corrected chi connectivity index (χ0v) is 22.3. The number of hydrogen-bond donors (Lipinski definition) is 2. The molecule has 202 valence electrons. The predicted octanol–water partition coefficient (Wildman–Crippen LogP) is 4.34. The van der Waals surface area contributed by atoms with Gasteiger partial charge in [0.2, 0.25) is 15.8 Å². The van der Waals surface area contributed by atoms with E-state index in [0.717, 1.165) is 11.1 Å². The van der Waals surface area contributed by atoms with Gasteiger partial charge in [0, 0.05) is 17.0 Å². The largest absolute Gasteiger partial charge is 0.486 e. The summed E-state index contributed by atoms with van der Waals surface area (Å²) >= 11 is 0. The van der Waals surface area contributed by atoms with Crippen LogP contribution in [0.2, 0.25) is 0 Å². The minimum atomic E-state index is -4.11. The molecule has 0 saturated carbocycles. The number of ketones is 1. The zero-order chi connectivity index (χ0) is 27.6. The molecule has 0 radical (unpaired) electrons.